The Morgan fingerprint density at radius 2 is 1.58 bits per heavy atom. The highest BCUT2D eigenvalue weighted by atomic mass is 79.9. The average molecular weight is 501 g/mol. The molecular weight excluding hydrogens is 478 g/mol. The van der Waals surface area contributed by atoms with Crippen LogP contribution in [0.5, 0.6) is 11.5 Å². The Kier molecular flexibility index (Phi) is 6.54. The molecule has 0 N–H and O–H groups in total. The molecule has 1 aliphatic heterocycles. The van der Waals surface area contributed by atoms with Gasteiger partial charge in [-0.25, -0.2) is 0 Å². The summed E-state index contributed by atoms with van der Waals surface area (Å²) >= 11 is 9.63. The van der Waals surface area contributed by atoms with Crippen LogP contribution in [-0.2, 0) is 11.2 Å². The number of amides is 1. The standard InChI is InChI=1S/C25H23BrClNO3/c1-3-30-22-13-17-14-24(29)28(20-11-7-18(26)8-12-20)25(16-5-9-19(27)10-6-16)21(17)15-23(22)31-4-2/h5-13,15,25H,3-4,14H2,1-2H3/t25-/m1/s1. The number of rotatable bonds is 6. The summed E-state index contributed by atoms with van der Waals surface area (Å²) in [5, 5.41) is 0.656. The summed E-state index contributed by atoms with van der Waals surface area (Å²) in [4.78, 5) is 15.2. The van der Waals surface area contributed by atoms with E-state index in [-0.39, 0.29) is 11.9 Å². The first-order chi connectivity index (χ1) is 15.0. The molecule has 0 aliphatic carbocycles. The molecule has 4 rings (SSSR count). The first-order valence-electron chi connectivity index (χ1n) is 10.3. The number of anilines is 1. The van der Waals surface area contributed by atoms with Crippen molar-refractivity contribution in [1.82, 2.24) is 0 Å². The lowest BCUT2D eigenvalue weighted by atomic mass is 9.87. The fourth-order valence-electron chi connectivity index (χ4n) is 3.96. The maximum atomic E-state index is 13.4. The zero-order valence-corrected chi connectivity index (χ0v) is 19.7. The van der Waals surface area contributed by atoms with Crippen LogP contribution in [0.3, 0.4) is 0 Å². The monoisotopic (exact) mass is 499 g/mol. The van der Waals surface area contributed by atoms with Crippen molar-refractivity contribution in [3.8, 4) is 11.5 Å². The third-order valence-electron chi connectivity index (χ3n) is 5.26. The molecule has 6 heteroatoms. The molecule has 0 spiro atoms. The van der Waals surface area contributed by atoms with Gasteiger partial charge in [-0.15, -0.1) is 0 Å². The molecule has 0 aromatic heterocycles. The molecule has 1 aliphatic rings. The SMILES string of the molecule is CCOc1cc2c(cc1OCC)[C@@H](c1ccc(Cl)cc1)N(c1ccc(Br)cc1)C(=O)C2. The summed E-state index contributed by atoms with van der Waals surface area (Å²) in [6, 6.07) is 19.1. The largest absolute Gasteiger partial charge is 0.490 e. The highest BCUT2D eigenvalue weighted by Gasteiger charge is 2.36. The second kappa shape index (κ2) is 9.33. The Morgan fingerprint density at radius 3 is 2.19 bits per heavy atom. The minimum atomic E-state index is -0.301. The van der Waals surface area contributed by atoms with Crippen LogP contribution in [0.15, 0.2) is 65.1 Å². The number of carbonyl (C=O) groups is 1. The molecule has 1 atom stereocenters. The van der Waals surface area contributed by atoms with Gasteiger partial charge in [0, 0.05) is 15.2 Å². The lowest BCUT2D eigenvalue weighted by Gasteiger charge is -2.38. The van der Waals surface area contributed by atoms with Crippen molar-refractivity contribution >= 4 is 39.1 Å². The highest BCUT2D eigenvalue weighted by molar-refractivity contribution is 9.10. The topological polar surface area (TPSA) is 38.8 Å². The van der Waals surface area contributed by atoms with E-state index in [9.17, 15) is 4.79 Å². The molecule has 0 radical (unpaired) electrons. The average Bonchev–Trinajstić information content (AvgIpc) is 2.75. The van der Waals surface area contributed by atoms with Crippen LogP contribution in [0.4, 0.5) is 5.69 Å². The molecule has 4 nitrogen and oxygen atoms in total. The van der Waals surface area contributed by atoms with Gasteiger partial charge in [0.05, 0.1) is 25.7 Å². The maximum Gasteiger partial charge on any atom is 0.232 e. The summed E-state index contributed by atoms with van der Waals surface area (Å²) in [5.74, 6) is 1.39. The molecule has 3 aromatic carbocycles. The molecule has 0 saturated carbocycles. The van der Waals surface area contributed by atoms with E-state index >= 15 is 0 Å². The van der Waals surface area contributed by atoms with Gasteiger partial charge in [-0.05, 0) is 79.1 Å². The first kappa shape index (κ1) is 21.7. The summed E-state index contributed by atoms with van der Waals surface area (Å²) in [5.41, 5.74) is 3.79. The number of hydrogen-bond donors (Lipinski definition) is 0. The fourth-order valence-corrected chi connectivity index (χ4v) is 4.35. The van der Waals surface area contributed by atoms with Gasteiger partial charge in [0.25, 0.3) is 0 Å². The Hall–Kier alpha value is -2.50. The Bertz CT molecular complexity index is 1080. The van der Waals surface area contributed by atoms with Gasteiger partial charge in [-0.3, -0.25) is 4.79 Å². The van der Waals surface area contributed by atoms with E-state index in [1.807, 2.05) is 79.4 Å². The second-order valence-electron chi connectivity index (χ2n) is 7.23. The van der Waals surface area contributed by atoms with Crippen molar-refractivity contribution in [1.29, 1.82) is 0 Å². The highest BCUT2D eigenvalue weighted by Crippen LogP contribution is 2.43. The molecule has 0 fully saturated rings. The molecule has 0 unspecified atom stereocenters. The molecule has 3 aromatic rings. The Balaban J connectivity index is 1.91. The van der Waals surface area contributed by atoms with Crippen molar-refractivity contribution in [2.45, 2.75) is 26.3 Å². The summed E-state index contributed by atoms with van der Waals surface area (Å²) in [6.45, 7) is 4.94. The van der Waals surface area contributed by atoms with E-state index in [2.05, 4.69) is 15.9 Å². The van der Waals surface area contributed by atoms with E-state index in [1.165, 1.54) is 0 Å². The van der Waals surface area contributed by atoms with Crippen LogP contribution in [-0.4, -0.2) is 19.1 Å². The molecule has 160 valence electrons. The molecule has 0 bridgehead atoms. The predicted octanol–water partition coefficient (Wildman–Crippen LogP) is 6.58. The van der Waals surface area contributed by atoms with Crippen LogP contribution in [0, 0.1) is 0 Å². The summed E-state index contributed by atoms with van der Waals surface area (Å²) in [6.07, 6.45) is 0.294. The Labute approximate surface area is 195 Å². The van der Waals surface area contributed by atoms with Crippen molar-refractivity contribution in [3.05, 3.63) is 86.8 Å². The zero-order chi connectivity index (χ0) is 22.0. The number of hydrogen-bond acceptors (Lipinski definition) is 3. The van der Waals surface area contributed by atoms with E-state index < -0.39 is 0 Å². The lowest BCUT2D eigenvalue weighted by Crippen LogP contribution is -2.41. The minimum absolute atomic E-state index is 0.0291. The Morgan fingerprint density at radius 1 is 0.968 bits per heavy atom. The van der Waals surface area contributed by atoms with Crippen LogP contribution < -0.4 is 14.4 Å². The minimum Gasteiger partial charge on any atom is -0.490 e. The third-order valence-corrected chi connectivity index (χ3v) is 6.04. The molecule has 1 heterocycles. The number of halogens is 2. The molecule has 1 amide bonds. The lowest BCUT2D eigenvalue weighted by molar-refractivity contribution is -0.118. The summed E-state index contributed by atoms with van der Waals surface area (Å²) in [7, 11) is 0. The van der Waals surface area contributed by atoms with Gasteiger partial charge < -0.3 is 14.4 Å². The van der Waals surface area contributed by atoms with E-state index in [4.69, 9.17) is 21.1 Å². The van der Waals surface area contributed by atoms with Gasteiger partial charge in [-0.1, -0.05) is 39.7 Å². The van der Waals surface area contributed by atoms with E-state index in [0.717, 1.165) is 26.9 Å². The van der Waals surface area contributed by atoms with Gasteiger partial charge in [0.15, 0.2) is 11.5 Å². The third kappa shape index (κ3) is 4.43. The van der Waals surface area contributed by atoms with E-state index in [0.29, 0.717) is 36.2 Å². The second-order valence-corrected chi connectivity index (χ2v) is 8.59. The molecule has 0 saturated heterocycles. The smallest absolute Gasteiger partial charge is 0.232 e. The summed E-state index contributed by atoms with van der Waals surface area (Å²) < 4.78 is 12.6. The van der Waals surface area contributed by atoms with Crippen molar-refractivity contribution < 1.29 is 14.3 Å². The van der Waals surface area contributed by atoms with Gasteiger partial charge >= 0.3 is 0 Å². The number of ether oxygens (including phenoxy) is 2. The van der Waals surface area contributed by atoms with Gasteiger partial charge in [0.2, 0.25) is 5.91 Å². The molecule has 31 heavy (non-hydrogen) atoms. The quantitative estimate of drug-likeness (QED) is 0.384. The maximum absolute atomic E-state index is 13.4. The number of carbonyl (C=O) groups excluding carboxylic acids is 1. The van der Waals surface area contributed by atoms with Crippen molar-refractivity contribution in [3.63, 3.8) is 0 Å². The number of benzene rings is 3. The van der Waals surface area contributed by atoms with Crippen LogP contribution in [0.2, 0.25) is 5.02 Å². The van der Waals surface area contributed by atoms with Crippen LogP contribution in [0.1, 0.15) is 36.6 Å². The fraction of sp³-hybridized carbons (Fsp3) is 0.240. The first-order valence-corrected chi connectivity index (χ1v) is 11.4. The van der Waals surface area contributed by atoms with Crippen LogP contribution >= 0.6 is 27.5 Å². The predicted molar refractivity (Wildman–Crippen MR) is 127 cm³/mol. The zero-order valence-electron chi connectivity index (χ0n) is 17.4. The van der Waals surface area contributed by atoms with Crippen LogP contribution in [0.25, 0.3) is 0 Å². The van der Waals surface area contributed by atoms with Crippen molar-refractivity contribution in [2.24, 2.45) is 0 Å². The molecular formula is C25H23BrClNO3. The van der Waals surface area contributed by atoms with E-state index in [1.54, 1.807) is 0 Å². The number of fused-ring (bicyclic) bond motifs is 1. The normalized spacial score (nSPS) is 15.5. The number of nitrogens with zero attached hydrogens (tertiary/aromatic N) is 1. The van der Waals surface area contributed by atoms with Gasteiger partial charge in [0.1, 0.15) is 0 Å². The van der Waals surface area contributed by atoms with Crippen molar-refractivity contribution in [2.75, 3.05) is 18.1 Å². The van der Waals surface area contributed by atoms with Gasteiger partial charge in [-0.2, -0.15) is 0 Å².